The fourth-order valence-corrected chi connectivity index (χ4v) is 2.50. The first-order chi connectivity index (χ1) is 11.5. The normalized spacial score (nSPS) is 10.3. The molecule has 1 aromatic heterocycles. The molecular weight excluding hydrogens is 312 g/mol. The Bertz CT molecular complexity index is 742. The molecule has 24 heavy (non-hydrogen) atoms. The molecule has 1 aromatic carbocycles. The van der Waals surface area contributed by atoms with Gasteiger partial charge in [0.15, 0.2) is 0 Å². The third-order valence-corrected chi connectivity index (χ3v) is 3.56. The molecule has 128 valence electrons. The average molecular weight is 332 g/mol. The number of aryl methyl sites for hydroxylation is 1. The molecule has 0 N–H and O–H groups in total. The van der Waals surface area contributed by atoms with Crippen molar-refractivity contribution >= 4 is 11.6 Å². The Labute approximate surface area is 140 Å². The molecule has 0 saturated carbocycles. The topological polar surface area (TPSA) is 82.7 Å². The van der Waals surface area contributed by atoms with Crippen LogP contribution in [0.2, 0.25) is 0 Å². The Hall–Kier alpha value is -3.03. The molecular formula is C16H20N4O4. The summed E-state index contributed by atoms with van der Waals surface area (Å²) in [6.45, 7) is 4.53. The molecule has 8 heteroatoms. The first kappa shape index (κ1) is 17.3. The summed E-state index contributed by atoms with van der Waals surface area (Å²) in [5, 5.41) is 11.3. The predicted octanol–water partition coefficient (Wildman–Crippen LogP) is 2.54. The summed E-state index contributed by atoms with van der Waals surface area (Å²) in [6, 6.07) is 5.45. The number of aromatic nitrogens is 2. The number of imidazole rings is 1. The number of anilines is 1. The highest BCUT2D eigenvalue weighted by atomic mass is 16.6. The molecule has 0 aliphatic rings. The molecule has 2 rings (SSSR count). The van der Waals surface area contributed by atoms with Crippen molar-refractivity contribution < 1.29 is 14.4 Å². The lowest BCUT2D eigenvalue weighted by Gasteiger charge is -2.23. The molecule has 0 unspecified atom stereocenters. The van der Waals surface area contributed by atoms with Gasteiger partial charge in [-0.3, -0.25) is 4.57 Å². The van der Waals surface area contributed by atoms with Crippen LogP contribution >= 0.6 is 0 Å². The Morgan fingerprint density at radius 1 is 1.42 bits per heavy atom. The maximum Gasteiger partial charge on any atom is 0.406 e. The third kappa shape index (κ3) is 3.48. The summed E-state index contributed by atoms with van der Waals surface area (Å²) in [5.74, 6) is 1.57. The number of rotatable bonds is 8. The highest BCUT2D eigenvalue weighted by Crippen LogP contribution is 2.31. The Balaban J connectivity index is 2.45. The van der Waals surface area contributed by atoms with Crippen LogP contribution in [0, 0.1) is 10.1 Å². The summed E-state index contributed by atoms with van der Waals surface area (Å²) < 4.78 is 12.3. The highest BCUT2D eigenvalue weighted by molar-refractivity contribution is 5.56. The van der Waals surface area contributed by atoms with Gasteiger partial charge in [0, 0.05) is 25.7 Å². The second-order valence-electron chi connectivity index (χ2n) is 5.11. The molecule has 0 atom stereocenters. The summed E-state index contributed by atoms with van der Waals surface area (Å²) in [7, 11) is 4.88. The Morgan fingerprint density at radius 2 is 2.17 bits per heavy atom. The summed E-state index contributed by atoms with van der Waals surface area (Å²) in [6.07, 6.45) is 3.11. The average Bonchev–Trinajstić information content (AvgIpc) is 2.96. The van der Waals surface area contributed by atoms with Crippen LogP contribution in [-0.4, -0.2) is 35.2 Å². The monoisotopic (exact) mass is 332 g/mol. The first-order valence-corrected chi connectivity index (χ1v) is 7.24. The van der Waals surface area contributed by atoms with Crippen molar-refractivity contribution in [3.8, 4) is 11.5 Å². The van der Waals surface area contributed by atoms with Crippen LogP contribution in [0.1, 0.15) is 5.56 Å². The van der Waals surface area contributed by atoms with E-state index in [1.807, 2.05) is 11.0 Å². The lowest BCUT2D eigenvalue weighted by Crippen LogP contribution is -2.25. The van der Waals surface area contributed by atoms with E-state index in [1.165, 1.54) is 6.33 Å². The van der Waals surface area contributed by atoms with Crippen molar-refractivity contribution in [1.82, 2.24) is 9.55 Å². The van der Waals surface area contributed by atoms with Gasteiger partial charge in [0.1, 0.15) is 11.5 Å². The van der Waals surface area contributed by atoms with Crippen LogP contribution in [0.25, 0.3) is 0 Å². The molecule has 8 nitrogen and oxygen atoms in total. The minimum atomic E-state index is -0.492. The van der Waals surface area contributed by atoms with Crippen molar-refractivity contribution in [2.45, 2.75) is 6.54 Å². The lowest BCUT2D eigenvalue weighted by atomic mass is 10.1. The van der Waals surface area contributed by atoms with E-state index < -0.39 is 4.92 Å². The van der Waals surface area contributed by atoms with Gasteiger partial charge in [0.05, 0.1) is 14.2 Å². The number of ether oxygens (including phenoxy) is 2. The van der Waals surface area contributed by atoms with Gasteiger partial charge in [-0.1, -0.05) is 6.08 Å². The predicted molar refractivity (Wildman–Crippen MR) is 90.7 cm³/mol. The van der Waals surface area contributed by atoms with E-state index in [0.29, 0.717) is 30.4 Å². The largest absolute Gasteiger partial charge is 0.497 e. The van der Waals surface area contributed by atoms with E-state index in [1.54, 1.807) is 44.0 Å². The maximum absolute atomic E-state index is 11.3. The number of methoxy groups -OCH3 is 2. The molecule has 0 radical (unpaired) electrons. The summed E-state index contributed by atoms with van der Waals surface area (Å²) in [4.78, 5) is 16.4. The first-order valence-electron chi connectivity index (χ1n) is 7.24. The second-order valence-corrected chi connectivity index (χ2v) is 5.11. The smallest absolute Gasteiger partial charge is 0.406 e. The van der Waals surface area contributed by atoms with E-state index in [4.69, 9.17) is 9.47 Å². The molecule has 2 aromatic rings. The Morgan fingerprint density at radius 3 is 2.75 bits per heavy atom. The third-order valence-electron chi connectivity index (χ3n) is 3.56. The number of nitrogens with zero attached hydrogens (tertiary/aromatic N) is 4. The molecule has 0 aliphatic carbocycles. The van der Waals surface area contributed by atoms with E-state index in [2.05, 4.69) is 11.6 Å². The quantitative estimate of drug-likeness (QED) is 0.420. The van der Waals surface area contributed by atoms with Gasteiger partial charge in [-0.05, 0) is 28.1 Å². The summed E-state index contributed by atoms with van der Waals surface area (Å²) >= 11 is 0. The second kappa shape index (κ2) is 7.49. The van der Waals surface area contributed by atoms with Crippen molar-refractivity contribution in [1.29, 1.82) is 0 Å². The summed E-state index contributed by atoms with van der Waals surface area (Å²) in [5.41, 5.74) is 0.842. The van der Waals surface area contributed by atoms with Gasteiger partial charge in [-0.2, -0.15) is 0 Å². The minimum absolute atomic E-state index is 0.193. The van der Waals surface area contributed by atoms with Crippen molar-refractivity contribution in [3.63, 3.8) is 0 Å². The SMILES string of the molecule is C=CCN(Cc1cc(OC)ccc1OC)c1c([N+](=O)[O-])ncn1C. The van der Waals surface area contributed by atoms with E-state index >= 15 is 0 Å². The molecule has 0 aliphatic heterocycles. The van der Waals surface area contributed by atoms with Crippen LogP contribution in [0.5, 0.6) is 11.5 Å². The standard InChI is InChI=1S/C16H20N4O4/c1-5-8-19(16-15(20(21)22)17-11-18(16)2)10-12-9-13(23-3)6-7-14(12)24-4/h5-7,9,11H,1,8,10H2,2-4H3. The number of nitro groups is 1. The number of hydrogen-bond acceptors (Lipinski definition) is 6. The molecule has 0 fully saturated rings. The zero-order valence-corrected chi connectivity index (χ0v) is 13.9. The van der Waals surface area contributed by atoms with Crippen LogP contribution in [-0.2, 0) is 13.6 Å². The van der Waals surface area contributed by atoms with E-state index in [-0.39, 0.29) is 5.82 Å². The number of benzene rings is 1. The van der Waals surface area contributed by atoms with Gasteiger partial charge in [0.25, 0.3) is 0 Å². The molecule has 0 amide bonds. The lowest BCUT2D eigenvalue weighted by molar-refractivity contribution is -0.388. The fourth-order valence-electron chi connectivity index (χ4n) is 2.50. The van der Waals surface area contributed by atoms with Crippen LogP contribution in [0.4, 0.5) is 11.6 Å². The van der Waals surface area contributed by atoms with Gasteiger partial charge < -0.3 is 24.5 Å². The van der Waals surface area contributed by atoms with Gasteiger partial charge >= 0.3 is 5.82 Å². The zero-order valence-electron chi connectivity index (χ0n) is 13.9. The molecule has 0 spiro atoms. The Kier molecular flexibility index (Phi) is 5.41. The van der Waals surface area contributed by atoms with Crippen molar-refractivity contribution in [2.75, 3.05) is 25.7 Å². The maximum atomic E-state index is 11.3. The fraction of sp³-hybridized carbons (Fsp3) is 0.312. The number of hydrogen-bond donors (Lipinski definition) is 0. The van der Waals surface area contributed by atoms with Gasteiger partial charge in [0.2, 0.25) is 12.1 Å². The van der Waals surface area contributed by atoms with Crippen LogP contribution in [0.3, 0.4) is 0 Å². The molecule has 1 heterocycles. The molecule has 0 bridgehead atoms. The van der Waals surface area contributed by atoms with E-state index in [9.17, 15) is 10.1 Å². The van der Waals surface area contributed by atoms with Crippen molar-refractivity contribution in [3.05, 3.63) is 52.9 Å². The minimum Gasteiger partial charge on any atom is -0.497 e. The highest BCUT2D eigenvalue weighted by Gasteiger charge is 2.25. The zero-order chi connectivity index (χ0) is 17.7. The van der Waals surface area contributed by atoms with E-state index in [0.717, 1.165) is 5.56 Å². The van der Waals surface area contributed by atoms with Gasteiger partial charge in [-0.25, -0.2) is 0 Å². The van der Waals surface area contributed by atoms with Crippen LogP contribution < -0.4 is 14.4 Å². The van der Waals surface area contributed by atoms with Crippen molar-refractivity contribution in [2.24, 2.45) is 7.05 Å². The van der Waals surface area contributed by atoms with Gasteiger partial charge in [-0.15, -0.1) is 6.58 Å². The molecule has 0 saturated heterocycles. The van der Waals surface area contributed by atoms with Crippen LogP contribution in [0.15, 0.2) is 37.2 Å².